The summed E-state index contributed by atoms with van der Waals surface area (Å²) in [6.45, 7) is 5.80. The van der Waals surface area contributed by atoms with Crippen molar-refractivity contribution in [2.75, 3.05) is 6.54 Å². The Morgan fingerprint density at radius 3 is 2.86 bits per heavy atom. The molecular formula is C17H21BrN2O. The fourth-order valence-electron chi connectivity index (χ4n) is 2.10. The third-order valence-electron chi connectivity index (χ3n) is 3.24. The van der Waals surface area contributed by atoms with Crippen molar-refractivity contribution in [1.29, 1.82) is 0 Å². The van der Waals surface area contributed by atoms with Crippen LogP contribution in [0.3, 0.4) is 0 Å². The van der Waals surface area contributed by atoms with Crippen molar-refractivity contribution in [2.24, 2.45) is 0 Å². The monoisotopic (exact) mass is 348 g/mol. The third kappa shape index (κ3) is 4.83. The summed E-state index contributed by atoms with van der Waals surface area (Å²) in [5.74, 6) is 0.903. The molecule has 1 aromatic carbocycles. The maximum Gasteiger partial charge on any atom is 0.130 e. The zero-order valence-corrected chi connectivity index (χ0v) is 14.1. The van der Waals surface area contributed by atoms with Gasteiger partial charge in [-0.3, -0.25) is 4.98 Å². The molecule has 21 heavy (non-hydrogen) atoms. The first-order chi connectivity index (χ1) is 10.2. The van der Waals surface area contributed by atoms with E-state index in [2.05, 4.69) is 46.1 Å². The first kappa shape index (κ1) is 16.0. The molecule has 3 nitrogen and oxygen atoms in total. The van der Waals surface area contributed by atoms with Crippen molar-refractivity contribution in [1.82, 2.24) is 10.3 Å². The second kappa shape index (κ2) is 8.15. The molecule has 0 aliphatic rings. The van der Waals surface area contributed by atoms with Gasteiger partial charge in [-0.15, -0.1) is 0 Å². The van der Waals surface area contributed by atoms with E-state index in [1.54, 1.807) is 6.20 Å². The molecule has 1 heterocycles. The highest BCUT2D eigenvalue weighted by atomic mass is 79.9. The Hall–Kier alpha value is -1.39. The summed E-state index contributed by atoms with van der Waals surface area (Å²) in [4.78, 5) is 4.29. The Morgan fingerprint density at radius 1 is 1.29 bits per heavy atom. The standard InChI is InChI=1S/C17H21BrN2O/c1-3-9-19-13(2)16-11-14(18)7-8-17(16)21-12-15-6-4-5-10-20-15/h4-8,10-11,13,19H,3,9,12H2,1-2H3. The molecule has 0 spiro atoms. The second-order valence-corrected chi connectivity index (χ2v) is 5.88. The topological polar surface area (TPSA) is 34.1 Å². The van der Waals surface area contributed by atoms with Crippen LogP contribution in [-0.4, -0.2) is 11.5 Å². The number of rotatable bonds is 7. The average Bonchev–Trinajstić information content (AvgIpc) is 2.52. The quantitative estimate of drug-likeness (QED) is 0.800. The van der Waals surface area contributed by atoms with Gasteiger partial charge < -0.3 is 10.1 Å². The minimum atomic E-state index is 0.251. The highest BCUT2D eigenvalue weighted by molar-refractivity contribution is 9.10. The minimum absolute atomic E-state index is 0.251. The van der Waals surface area contributed by atoms with Crippen molar-refractivity contribution in [3.63, 3.8) is 0 Å². The number of hydrogen-bond acceptors (Lipinski definition) is 3. The molecule has 1 aromatic heterocycles. The fourth-order valence-corrected chi connectivity index (χ4v) is 2.47. The molecule has 0 saturated heterocycles. The van der Waals surface area contributed by atoms with Gasteiger partial charge in [-0.2, -0.15) is 0 Å². The zero-order valence-electron chi connectivity index (χ0n) is 12.5. The van der Waals surface area contributed by atoms with Gasteiger partial charge in [0.25, 0.3) is 0 Å². The molecule has 2 rings (SSSR count). The van der Waals surface area contributed by atoms with E-state index in [1.165, 1.54) is 0 Å². The number of nitrogens with one attached hydrogen (secondary N) is 1. The van der Waals surface area contributed by atoms with Crippen molar-refractivity contribution in [3.8, 4) is 5.75 Å². The number of pyridine rings is 1. The van der Waals surface area contributed by atoms with Crippen LogP contribution in [-0.2, 0) is 6.61 Å². The average molecular weight is 349 g/mol. The van der Waals surface area contributed by atoms with Crippen LogP contribution in [0.1, 0.15) is 37.6 Å². The van der Waals surface area contributed by atoms with E-state index in [4.69, 9.17) is 4.74 Å². The van der Waals surface area contributed by atoms with Gasteiger partial charge in [-0.05, 0) is 50.2 Å². The summed E-state index contributed by atoms with van der Waals surface area (Å²) < 4.78 is 7.02. The van der Waals surface area contributed by atoms with E-state index in [1.807, 2.05) is 30.3 Å². The van der Waals surface area contributed by atoms with Crippen LogP contribution in [0, 0.1) is 0 Å². The van der Waals surface area contributed by atoms with Gasteiger partial charge in [0.1, 0.15) is 12.4 Å². The first-order valence-electron chi connectivity index (χ1n) is 7.26. The summed E-state index contributed by atoms with van der Waals surface area (Å²) >= 11 is 3.53. The van der Waals surface area contributed by atoms with E-state index in [0.717, 1.165) is 34.4 Å². The number of halogens is 1. The van der Waals surface area contributed by atoms with Crippen LogP contribution in [0.15, 0.2) is 47.1 Å². The minimum Gasteiger partial charge on any atom is -0.487 e. The summed E-state index contributed by atoms with van der Waals surface area (Å²) in [5.41, 5.74) is 2.09. The highest BCUT2D eigenvalue weighted by Gasteiger charge is 2.12. The SMILES string of the molecule is CCCNC(C)c1cc(Br)ccc1OCc1ccccn1. The fraction of sp³-hybridized carbons (Fsp3) is 0.353. The zero-order chi connectivity index (χ0) is 15.1. The van der Waals surface area contributed by atoms with Gasteiger partial charge in [0.15, 0.2) is 0 Å². The molecule has 0 bridgehead atoms. The van der Waals surface area contributed by atoms with Crippen LogP contribution in [0.2, 0.25) is 0 Å². The molecule has 0 fully saturated rings. The van der Waals surface area contributed by atoms with E-state index >= 15 is 0 Å². The van der Waals surface area contributed by atoms with Crippen LogP contribution in [0.4, 0.5) is 0 Å². The van der Waals surface area contributed by atoms with Gasteiger partial charge in [0, 0.05) is 22.3 Å². The lowest BCUT2D eigenvalue weighted by molar-refractivity contribution is 0.295. The molecule has 0 saturated carbocycles. The van der Waals surface area contributed by atoms with Crippen LogP contribution in [0.5, 0.6) is 5.75 Å². The predicted octanol–water partition coefficient (Wildman–Crippen LogP) is 4.48. The summed E-state index contributed by atoms with van der Waals surface area (Å²) in [5, 5.41) is 3.50. The lowest BCUT2D eigenvalue weighted by Gasteiger charge is -2.18. The van der Waals surface area contributed by atoms with Gasteiger partial charge in [-0.25, -0.2) is 0 Å². The van der Waals surface area contributed by atoms with E-state index in [-0.39, 0.29) is 6.04 Å². The maximum absolute atomic E-state index is 5.96. The Bertz CT molecular complexity index is 560. The molecular weight excluding hydrogens is 328 g/mol. The Labute approximate surface area is 134 Å². The molecule has 1 unspecified atom stereocenters. The molecule has 0 radical (unpaired) electrons. The molecule has 1 atom stereocenters. The number of nitrogens with zero attached hydrogens (tertiary/aromatic N) is 1. The van der Waals surface area contributed by atoms with Crippen molar-refractivity contribution >= 4 is 15.9 Å². The number of aromatic nitrogens is 1. The molecule has 4 heteroatoms. The Kier molecular flexibility index (Phi) is 6.21. The highest BCUT2D eigenvalue weighted by Crippen LogP contribution is 2.29. The smallest absolute Gasteiger partial charge is 0.130 e. The van der Waals surface area contributed by atoms with Crippen molar-refractivity contribution in [3.05, 3.63) is 58.3 Å². The Balaban J connectivity index is 2.11. The first-order valence-corrected chi connectivity index (χ1v) is 8.05. The van der Waals surface area contributed by atoms with Crippen LogP contribution in [0.25, 0.3) is 0 Å². The third-order valence-corrected chi connectivity index (χ3v) is 3.73. The van der Waals surface area contributed by atoms with Crippen LogP contribution < -0.4 is 10.1 Å². The van der Waals surface area contributed by atoms with E-state index in [0.29, 0.717) is 6.61 Å². The van der Waals surface area contributed by atoms with Gasteiger partial charge >= 0.3 is 0 Å². The van der Waals surface area contributed by atoms with E-state index < -0.39 is 0 Å². The molecule has 0 aliphatic carbocycles. The van der Waals surface area contributed by atoms with Gasteiger partial charge in [0.2, 0.25) is 0 Å². The molecule has 1 N–H and O–H groups in total. The number of benzene rings is 1. The molecule has 112 valence electrons. The number of ether oxygens (including phenoxy) is 1. The van der Waals surface area contributed by atoms with Gasteiger partial charge in [-0.1, -0.05) is 28.9 Å². The molecule has 2 aromatic rings. The predicted molar refractivity (Wildman–Crippen MR) is 89.4 cm³/mol. The van der Waals surface area contributed by atoms with Crippen molar-refractivity contribution < 1.29 is 4.74 Å². The van der Waals surface area contributed by atoms with Gasteiger partial charge in [0.05, 0.1) is 5.69 Å². The summed E-state index contributed by atoms with van der Waals surface area (Å²) in [6, 6.07) is 12.2. The number of hydrogen-bond donors (Lipinski definition) is 1. The normalized spacial score (nSPS) is 12.1. The lowest BCUT2D eigenvalue weighted by atomic mass is 10.1. The largest absolute Gasteiger partial charge is 0.487 e. The summed E-state index contributed by atoms with van der Waals surface area (Å²) in [7, 11) is 0. The summed E-state index contributed by atoms with van der Waals surface area (Å²) in [6.07, 6.45) is 2.90. The Morgan fingerprint density at radius 2 is 2.14 bits per heavy atom. The maximum atomic E-state index is 5.96. The lowest BCUT2D eigenvalue weighted by Crippen LogP contribution is -2.20. The van der Waals surface area contributed by atoms with Crippen molar-refractivity contribution in [2.45, 2.75) is 32.9 Å². The second-order valence-electron chi connectivity index (χ2n) is 4.97. The molecule has 0 aliphatic heterocycles. The molecule has 0 amide bonds. The van der Waals surface area contributed by atoms with Crippen LogP contribution >= 0.6 is 15.9 Å². The van der Waals surface area contributed by atoms with E-state index in [9.17, 15) is 0 Å².